The Balaban J connectivity index is 2.36. The lowest BCUT2D eigenvalue weighted by Gasteiger charge is -1.98. The fourth-order valence-corrected chi connectivity index (χ4v) is 2.32. The second-order valence-corrected chi connectivity index (χ2v) is 4.50. The summed E-state index contributed by atoms with van der Waals surface area (Å²) in [6.07, 6.45) is 1.88. The van der Waals surface area contributed by atoms with Gasteiger partial charge in [0.15, 0.2) is 0 Å². The van der Waals surface area contributed by atoms with Crippen LogP contribution in [0, 0.1) is 6.92 Å². The third-order valence-corrected chi connectivity index (χ3v) is 3.09. The highest BCUT2D eigenvalue weighted by molar-refractivity contribution is 7.15. The zero-order chi connectivity index (χ0) is 9.97. The van der Waals surface area contributed by atoms with Crippen LogP contribution in [-0.2, 0) is 6.54 Å². The lowest BCUT2D eigenvalue weighted by atomic mass is 10.2. The van der Waals surface area contributed by atoms with E-state index in [-0.39, 0.29) is 0 Å². The Morgan fingerprint density at radius 1 is 1.50 bits per heavy atom. The van der Waals surface area contributed by atoms with Gasteiger partial charge in [-0.1, -0.05) is 0 Å². The molecule has 3 nitrogen and oxygen atoms in total. The van der Waals surface area contributed by atoms with Crippen LogP contribution in [0.15, 0.2) is 18.3 Å². The summed E-state index contributed by atoms with van der Waals surface area (Å²) in [6.45, 7) is 2.96. The molecule has 2 heterocycles. The highest BCUT2D eigenvalue weighted by atomic mass is 32.1. The summed E-state index contributed by atoms with van der Waals surface area (Å²) in [4.78, 5) is 2.58. The molecule has 2 aromatic rings. The summed E-state index contributed by atoms with van der Waals surface area (Å²) in [7, 11) is 1.94. The summed E-state index contributed by atoms with van der Waals surface area (Å²) in [5, 5.41) is 10.2. The largest absolute Gasteiger partial charge is 0.316 e. The molecule has 0 fully saturated rings. The van der Waals surface area contributed by atoms with Crippen LogP contribution in [0.2, 0.25) is 0 Å². The highest BCUT2D eigenvalue weighted by Gasteiger charge is 2.08. The maximum Gasteiger partial charge on any atom is 0.0794 e. The summed E-state index contributed by atoms with van der Waals surface area (Å²) in [5.74, 6) is 0. The molecule has 2 aromatic heterocycles. The molecule has 0 radical (unpaired) electrons. The molecule has 0 amide bonds. The first-order chi connectivity index (χ1) is 6.81. The number of nitrogens with zero attached hydrogens (tertiary/aromatic N) is 1. The van der Waals surface area contributed by atoms with Gasteiger partial charge in [-0.25, -0.2) is 0 Å². The average Bonchev–Trinajstić information content (AvgIpc) is 2.74. The van der Waals surface area contributed by atoms with Gasteiger partial charge in [0.1, 0.15) is 0 Å². The van der Waals surface area contributed by atoms with Crippen molar-refractivity contribution in [1.29, 1.82) is 0 Å². The number of hydrogen-bond donors (Lipinski definition) is 2. The van der Waals surface area contributed by atoms with Gasteiger partial charge in [0.05, 0.1) is 16.8 Å². The SMILES string of the molecule is CNCc1cn[nH]c1-c1ccc(C)s1. The number of H-pyrrole nitrogens is 1. The van der Waals surface area contributed by atoms with Crippen LogP contribution >= 0.6 is 11.3 Å². The minimum atomic E-state index is 0.850. The van der Waals surface area contributed by atoms with Crippen molar-refractivity contribution in [3.63, 3.8) is 0 Å². The normalized spacial score (nSPS) is 10.7. The summed E-state index contributed by atoms with van der Waals surface area (Å²) in [5.41, 5.74) is 2.35. The molecule has 0 saturated carbocycles. The molecule has 0 atom stereocenters. The molecule has 0 aromatic carbocycles. The van der Waals surface area contributed by atoms with Gasteiger partial charge in [-0.2, -0.15) is 5.10 Å². The Morgan fingerprint density at radius 3 is 3.00 bits per heavy atom. The highest BCUT2D eigenvalue weighted by Crippen LogP contribution is 2.28. The van der Waals surface area contributed by atoms with Crippen molar-refractivity contribution in [2.24, 2.45) is 0 Å². The standard InChI is InChI=1S/C10H13N3S/c1-7-3-4-9(14-7)10-8(5-11-2)6-12-13-10/h3-4,6,11H,5H2,1-2H3,(H,12,13). The number of aromatic nitrogens is 2. The van der Waals surface area contributed by atoms with E-state index in [2.05, 4.69) is 34.6 Å². The number of aromatic amines is 1. The van der Waals surface area contributed by atoms with Crippen LogP contribution in [0.1, 0.15) is 10.4 Å². The third-order valence-electron chi connectivity index (χ3n) is 2.07. The Labute approximate surface area is 87.2 Å². The Morgan fingerprint density at radius 2 is 2.36 bits per heavy atom. The van der Waals surface area contributed by atoms with Gasteiger partial charge in [0.25, 0.3) is 0 Å². The van der Waals surface area contributed by atoms with Gasteiger partial charge < -0.3 is 5.32 Å². The van der Waals surface area contributed by atoms with Gasteiger partial charge in [-0.15, -0.1) is 11.3 Å². The molecular formula is C10H13N3S. The smallest absolute Gasteiger partial charge is 0.0794 e. The summed E-state index contributed by atoms with van der Waals surface area (Å²) >= 11 is 1.79. The molecule has 2 rings (SSSR count). The molecule has 0 unspecified atom stereocenters. The predicted octanol–water partition coefficient (Wildman–Crippen LogP) is 2.17. The van der Waals surface area contributed by atoms with Gasteiger partial charge in [0, 0.05) is 17.0 Å². The maximum atomic E-state index is 4.07. The van der Waals surface area contributed by atoms with Gasteiger partial charge in [0.2, 0.25) is 0 Å². The minimum Gasteiger partial charge on any atom is -0.316 e. The fraction of sp³-hybridized carbons (Fsp3) is 0.300. The van der Waals surface area contributed by atoms with Gasteiger partial charge >= 0.3 is 0 Å². The third kappa shape index (κ3) is 1.71. The molecule has 14 heavy (non-hydrogen) atoms. The van der Waals surface area contributed by atoms with E-state index in [0.717, 1.165) is 12.2 Å². The zero-order valence-corrected chi connectivity index (χ0v) is 9.11. The lowest BCUT2D eigenvalue weighted by molar-refractivity contribution is 0.820. The number of aryl methyl sites for hydroxylation is 1. The van der Waals surface area contributed by atoms with E-state index in [1.165, 1.54) is 15.3 Å². The first-order valence-electron chi connectivity index (χ1n) is 4.55. The van der Waals surface area contributed by atoms with Crippen LogP contribution < -0.4 is 5.32 Å². The molecule has 2 N–H and O–H groups in total. The van der Waals surface area contributed by atoms with Gasteiger partial charge in [-0.3, -0.25) is 5.10 Å². The molecular weight excluding hydrogens is 194 g/mol. The van der Waals surface area contributed by atoms with Crippen molar-refractivity contribution in [3.05, 3.63) is 28.8 Å². The predicted molar refractivity (Wildman–Crippen MR) is 59.4 cm³/mol. The molecule has 0 aliphatic heterocycles. The lowest BCUT2D eigenvalue weighted by Crippen LogP contribution is -2.04. The molecule has 0 saturated heterocycles. The molecule has 0 aliphatic rings. The van der Waals surface area contributed by atoms with E-state index >= 15 is 0 Å². The van der Waals surface area contributed by atoms with E-state index in [1.54, 1.807) is 11.3 Å². The van der Waals surface area contributed by atoms with Crippen LogP contribution in [0.3, 0.4) is 0 Å². The van der Waals surface area contributed by atoms with Crippen LogP contribution in [-0.4, -0.2) is 17.2 Å². The quantitative estimate of drug-likeness (QED) is 0.809. The number of thiophene rings is 1. The Hall–Kier alpha value is -1.13. The molecule has 0 aliphatic carbocycles. The first-order valence-corrected chi connectivity index (χ1v) is 5.36. The number of hydrogen-bond acceptors (Lipinski definition) is 3. The van der Waals surface area contributed by atoms with Crippen molar-refractivity contribution >= 4 is 11.3 Å². The average molecular weight is 207 g/mol. The second-order valence-electron chi connectivity index (χ2n) is 3.21. The Kier molecular flexibility index (Phi) is 2.65. The van der Waals surface area contributed by atoms with Crippen molar-refractivity contribution in [2.45, 2.75) is 13.5 Å². The molecule has 0 bridgehead atoms. The molecule has 74 valence electrons. The fourth-order valence-electron chi connectivity index (χ4n) is 1.42. The second kappa shape index (κ2) is 3.94. The molecule has 0 spiro atoms. The van der Waals surface area contributed by atoms with Crippen molar-refractivity contribution in [2.75, 3.05) is 7.05 Å². The number of nitrogens with one attached hydrogen (secondary N) is 2. The van der Waals surface area contributed by atoms with Crippen LogP contribution in [0.25, 0.3) is 10.6 Å². The zero-order valence-electron chi connectivity index (χ0n) is 8.29. The van der Waals surface area contributed by atoms with E-state index in [1.807, 2.05) is 13.2 Å². The van der Waals surface area contributed by atoms with Crippen molar-refractivity contribution in [1.82, 2.24) is 15.5 Å². The Bertz CT molecular complexity index is 416. The van der Waals surface area contributed by atoms with E-state index in [0.29, 0.717) is 0 Å². The van der Waals surface area contributed by atoms with E-state index < -0.39 is 0 Å². The summed E-state index contributed by atoms with van der Waals surface area (Å²) < 4.78 is 0. The minimum absolute atomic E-state index is 0.850. The van der Waals surface area contributed by atoms with E-state index in [4.69, 9.17) is 0 Å². The van der Waals surface area contributed by atoms with Gasteiger partial charge in [-0.05, 0) is 26.1 Å². The molecule has 4 heteroatoms. The van der Waals surface area contributed by atoms with Crippen LogP contribution in [0.5, 0.6) is 0 Å². The van der Waals surface area contributed by atoms with E-state index in [9.17, 15) is 0 Å². The topological polar surface area (TPSA) is 40.7 Å². The van der Waals surface area contributed by atoms with Crippen molar-refractivity contribution in [3.8, 4) is 10.6 Å². The summed E-state index contributed by atoms with van der Waals surface area (Å²) in [6, 6.07) is 4.26. The maximum absolute atomic E-state index is 4.07. The van der Waals surface area contributed by atoms with Crippen molar-refractivity contribution < 1.29 is 0 Å². The first kappa shape index (κ1) is 9.43. The van der Waals surface area contributed by atoms with Crippen LogP contribution in [0.4, 0.5) is 0 Å². The number of rotatable bonds is 3. The monoisotopic (exact) mass is 207 g/mol.